The van der Waals surface area contributed by atoms with E-state index in [1.807, 2.05) is 65.9 Å². The number of ether oxygens (including phenoxy) is 1. The van der Waals surface area contributed by atoms with Gasteiger partial charge in [-0.15, -0.1) is 0 Å². The molecule has 0 N–H and O–H groups in total. The van der Waals surface area contributed by atoms with E-state index in [2.05, 4.69) is 0 Å². The van der Waals surface area contributed by atoms with Crippen molar-refractivity contribution >= 4 is 34.6 Å². The van der Waals surface area contributed by atoms with E-state index in [-0.39, 0.29) is 5.97 Å². The molecule has 2 nitrogen and oxygen atoms in total. The molecular weight excluding hydrogens is 303 g/mol. The number of esters is 1. The van der Waals surface area contributed by atoms with Gasteiger partial charge in [0, 0.05) is 5.57 Å². The van der Waals surface area contributed by atoms with E-state index in [1.54, 1.807) is 0 Å². The Labute approximate surface area is 102 Å². The highest BCUT2D eigenvalue weighted by molar-refractivity contribution is 14.1. The largest absolute Gasteiger partial charge is 0.422 e. The molecule has 0 unspecified atom stereocenters. The molecule has 1 heterocycles. The molecule has 0 bridgehead atoms. The maximum Gasteiger partial charge on any atom is 0.350 e. The molecule has 1 aromatic carbocycles. The van der Waals surface area contributed by atoms with Crippen LogP contribution in [0.5, 0.6) is 0 Å². The van der Waals surface area contributed by atoms with Crippen molar-refractivity contribution in [1.82, 2.24) is 0 Å². The van der Waals surface area contributed by atoms with Gasteiger partial charge < -0.3 is 4.74 Å². The van der Waals surface area contributed by atoms with Crippen molar-refractivity contribution in [2.24, 2.45) is 0 Å². The molecule has 1 aliphatic rings. The predicted molar refractivity (Wildman–Crippen MR) is 67.2 cm³/mol. The molecule has 0 aromatic heterocycles. The summed E-state index contributed by atoms with van der Waals surface area (Å²) in [5.74, 6) is 0.394. The van der Waals surface area contributed by atoms with Crippen LogP contribution in [0.1, 0.15) is 12.5 Å². The summed E-state index contributed by atoms with van der Waals surface area (Å²) in [5, 5.41) is 0. The van der Waals surface area contributed by atoms with Crippen molar-refractivity contribution in [3.8, 4) is 0 Å². The lowest BCUT2D eigenvalue weighted by atomic mass is 10.1. The van der Waals surface area contributed by atoms with E-state index in [1.165, 1.54) is 0 Å². The summed E-state index contributed by atoms with van der Waals surface area (Å²) in [6, 6.07) is 9.80. The average Bonchev–Trinajstić information content (AvgIpc) is 2.48. The lowest BCUT2D eigenvalue weighted by Gasteiger charge is -1.98. The van der Waals surface area contributed by atoms with E-state index in [9.17, 15) is 4.79 Å². The molecule has 0 amide bonds. The number of cyclic esters (lactones) is 1. The second kappa shape index (κ2) is 4.18. The zero-order valence-electron chi connectivity index (χ0n) is 8.16. The first-order chi connectivity index (χ1) is 7.18. The Balaban J connectivity index is 2.35. The van der Waals surface area contributed by atoms with Gasteiger partial charge >= 0.3 is 5.97 Å². The molecule has 0 atom stereocenters. The van der Waals surface area contributed by atoms with Crippen molar-refractivity contribution in [1.29, 1.82) is 0 Å². The van der Waals surface area contributed by atoms with Gasteiger partial charge in [-0.1, -0.05) is 30.3 Å². The zero-order valence-corrected chi connectivity index (χ0v) is 10.3. The zero-order chi connectivity index (χ0) is 10.8. The van der Waals surface area contributed by atoms with Gasteiger partial charge in [-0.25, -0.2) is 4.79 Å². The number of carbonyl (C=O) groups excluding carboxylic acids is 1. The highest BCUT2D eigenvalue weighted by Gasteiger charge is 2.24. The molecule has 0 saturated carbocycles. The first kappa shape index (κ1) is 10.4. The molecule has 0 radical (unpaired) electrons. The van der Waals surface area contributed by atoms with E-state index in [4.69, 9.17) is 4.74 Å². The maximum absolute atomic E-state index is 11.3. The Morgan fingerprint density at radius 1 is 1.27 bits per heavy atom. The van der Waals surface area contributed by atoms with Crippen LogP contribution in [-0.2, 0) is 9.53 Å². The van der Waals surface area contributed by atoms with Gasteiger partial charge in [-0.2, -0.15) is 0 Å². The molecule has 0 fully saturated rings. The normalized spacial score (nSPS) is 18.5. The highest BCUT2D eigenvalue weighted by atomic mass is 127. The lowest BCUT2D eigenvalue weighted by Crippen LogP contribution is -1.93. The summed E-state index contributed by atoms with van der Waals surface area (Å²) in [4.78, 5) is 11.3. The summed E-state index contributed by atoms with van der Waals surface area (Å²) in [6.07, 6.45) is 1.87. The summed E-state index contributed by atoms with van der Waals surface area (Å²) in [7, 11) is 0. The minimum atomic E-state index is -0.254. The molecule has 15 heavy (non-hydrogen) atoms. The predicted octanol–water partition coefficient (Wildman–Crippen LogP) is 3.29. The number of hydrogen-bond donors (Lipinski definition) is 0. The Morgan fingerprint density at radius 2 is 1.93 bits per heavy atom. The van der Waals surface area contributed by atoms with Crippen LogP contribution in [-0.4, -0.2) is 5.97 Å². The first-order valence-corrected chi connectivity index (χ1v) is 5.62. The van der Waals surface area contributed by atoms with E-state index in [0.717, 1.165) is 11.1 Å². The Kier molecular flexibility index (Phi) is 2.90. The quantitative estimate of drug-likeness (QED) is 0.587. The standard InChI is InChI=1S/C12H9IO2/c1-8-10(15-12(14)11(8)13)7-9-5-3-2-4-6-9/h2-7H,1H3/b10-7-. The first-order valence-electron chi connectivity index (χ1n) is 4.54. The molecule has 3 heteroatoms. The van der Waals surface area contributed by atoms with Gasteiger partial charge in [0.2, 0.25) is 0 Å². The highest BCUT2D eigenvalue weighted by Crippen LogP contribution is 2.31. The van der Waals surface area contributed by atoms with Crippen molar-refractivity contribution < 1.29 is 9.53 Å². The van der Waals surface area contributed by atoms with Gasteiger partial charge in [0.1, 0.15) is 9.34 Å². The number of halogens is 1. The number of hydrogen-bond acceptors (Lipinski definition) is 2. The molecule has 1 aliphatic heterocycles. The number of carbonyl (C=O) groups is 1. The third kappa shape index (κ3) is 2.12. The molecular formula is C12H9IO2. The van der Waals surface area contributed by atoms with Gasteiger partial charge in [-0.3, -0.25) is 0 Å². The second-order valence-corrected chi connectivity index (χ2v) is 4.33. The van der Waals surface area contributed by atoms with Crippen LogP contribution in [0, 0.1) is 0 Å². The number of benzene rings is 1. The van der Waals surface area contributed by atoms with Crippen molar-refractivity contribution in [2.75, 3.05) is 0 Å². The van der Waals surface area contributed by atoms with E-state index >= 15 is 0 Å². The number of rotatable bonds is 1. The van der Waals surface area contributed by atoms with Gasteiger partial charge in [-0.05, 0) is 41.2 Å². The molecule has 2 rings (SSSR count). The molecule has 0 spiro atoms. The maximum atomic E-state index is 11.3. The third-order valence-corrected chi connectivity index (χ3v) is 3.43. The summed E-state index contributed by atoms with van der Waals surface area (Å²) in [6.45, 7) is 1.89. The molecule has 1 aromatic rings. The Morgan fingerprint density at radius 3 is 2.47 bits per heavy atom. The molecule has 76 valence electrons. The van der Waals surface area contributed by atoms with Crippen LogP contribution in [0.4, 0.5) is 0 Å². The smallest absolute Gasteiger partial charge is 0.350 e. The fourth-order valence-corrected chi connectivity index (χ4v) is 1.70. The van der Waals surface area contributed by atoms with Crippen LogP contribution in [0.25, 0.3) is 6.08 Å². The van der Waals surface area contributed by atoms with Gasteiger partial charge in [0.15, 0.2) is 0 Å². The number of allylic oxidation sites excluding steroid dienone is 1. The summed E-state index contributed by atoms with van der Waals surface area (Å²) < 4.78 is 5.79. The third-order valence-electron chi connectivity index (χ3n) is 2.18. The van der Waals surface area contributed by atoms with Crippen LogP contribution in [0.3, 0.4) is 0 Å². The minimum absolute atomic E-state index is 0.254. The minimum Gasteiger partial charge on any atom is -0.422 e. The topological polar surface area (TPSA) is 26.3 Å². The van der Waals surface area contributed by atoms with Crippen molar-refractivity contribution in [3.63, 3.8) is 0 Å². The molecule has 0 saturated heterocycles. The van der Waals surface area contributed by atoms with Crippen LogP contribution < -0.4 is 0 Å². The Bertz CT molecular complexity index is 458. The summed E-state index contributed by atoms with van der Waals surface area (Å²) in [5.41, 5.74) is 1.94. The second-order valence-electron chi connectivity index (χ2n) is 3.25. The van der Waals surface area contributed by atoms with Gasteiger partial charge in [0.25, 0.3) is 0 Å². The monoisotopic (exact) mass is 312 g/mol. The van der Waals surface area contributed by atoms with Crippen LogP contribution in [0.2, 0.25) is 0 Å². The Hall–Kier alpha value is -1.10. The van der Waals surface area contributed by atoms with Crippen LogP contribution in [0.15, 0.2) is 45.2 Å². The SMILES string of the molecule is CC1=C(I)C(=O)O/C1=C\c1ccccc1. The lowest BCUT2D eigenvalue weighted by molar-refractivity contribution is -0.132. The van der Waals surface area contributed by atoms with E-state index < -0.39 is 0 Å². The van der Waals surface area contributed by atoms with Crippen LogP contribution >= 0.6 is 22.6 Å². The van der Waals surface area contributed by atoms with Gasteiger partial charge in [0.05, 0.1) is 0 Å². The summed E-state index contributed by atoms with van der Waals surface area (Å²) >= 11 is 2.01. The molecule has 0 aliphatic carbocycles. The fraction of sp³-hybridized carbons (Fsp3) is 0.0833. The fourth-order valence-electron chi connectivity index (χ4n) is 1.32. The van der Waals surface area contributed by atoms with Crippen molar-refractivity contribution in [3.05, 3.63) is 50.8 Å². The van der Waals surface area contributed by atoms with Crippen molar-refractivity contribution in [2.45, 2.75) is 6.92 Å². The average molecular weight is 312 g/mol. The van der Waals surface area contributed by atoms with E-state index in [0.29, 0.717) is 9.34 Å².